The van der Waals surface area contributed by atoms with Crippen LogP contribution >= 0.6 is 0 Å². The smallest absolute Gasteiger partial charge is 0.0329 e. The first kappa shape index (κ1) is 15.5. The minimum absolute atomic E-state index is 0.479. The lowest BCUT2D eigenvalue weighted by Crippen LogP contribution is -2.29. The first-order chi connectivity index (χ1) is 9.61. The summed E-state index contributed by atoms with van der Waals surface area (Å²) in [5.41, 5.74) is 1.95. The fourth-order valence-corrected chi connectivity index (χ4v) is 3.18. The highest BCUT2D eigenvalue weighted by Gasteiger charge is 2.23. The van der Waals surface area contributed by atoms with Crippen LogP contribution in [0.3, 0.4) is 0 Å². The van der Waals surface area contributed by atoms with Crippen LogP contribution in [0.15, 0.2) is 30.3 Å². The summed E-state index contributed by atoms with van der Waals surface area (Å²) < 4.78 is 0. The number of benzene rings is 1. The molecule has 0 bridgehead atoms. The zero-order chi connectivity index (χ0) is 14.4. The molecule has 0 radical (unpaired) electrons. The topological polar surface area (TPSA) is 15.3 Å². The first-order valence-corrected chi connectivity index (χ1v) is 8.05. The zero-order valence-corrected chi connectivity index (χ0v) is 13.4. The summed E-state index contributed by atoms with van der Waals surface area (Å²) in [6, 6.07) is 11.3. The molecule has 1 fully saturated rings. The lowest BCUT2D eigenvalue weighted by Gasteiger charge is -2.25. The Labute approximate surface area is 124 Å². The number of nitrogens with zero attached hydrogens (tertiary/aromatic N) is 1. The Morgan fingerprint density at radius 3 is 2.60 bits per heavy atom. The highest BCUT2D eigenvalue weighted by Crippen LogP contribution is 2.30. The van der Waals surface area contributed by atoms with E-state index in [0.29, 0.717) is 11.5 Å². The third-order valence-corrected chi connectivity index (χ3v) is 4.72. The molecule has 0 saturated carbocycles. The van der Waals surface area contributed by atoms with Crippen molar-refractivity contribution >= 4 is 0 Å². The lowest BCUT2D eigenvalue weighted by molar-refractivity contribution is 0.251. The Morgan fingerprint density at radius 1 is 1.15 bits per heavy atom. The van der Waals surface area contributed by atoms with E-state index in [1.807, 2.05) is 0 Å². The van der Waals surface area contributed by atoms with E-state index in [0.717, 1.165) is 0 Å². The normalized spacial score (nSPS) is 21.4. The molecule has 20 heavy (non-hydrogen) atoms. The van der Waals surface area contributed by atoms with Crippen LogP contribution in [0.25, 0.3) is 0 Å². The number of likely N-dealkylation sites (tertiary alicyclic amines) is 1. The Kier molecular flexibility index (Phi) is 5.62. The van der Waals surface area contributed by atoms with Gasteiger partial charge in [-0.2, -0.15) is 0 Å². The standard InChI is InChI=1S/C18H30N2/c1-18(2)11-7-13-20(15-12-18)14-10-17(19-3)16-8-5-4-6-9-16/h4-6,8-9,17,19H,7,10-15H2,1-3H3. The predicted molar refractivity (Wildman–Crippen MR) is 86.9 cm³/mol. The second-order valence-corrected chi connectivity index (χ2v) is 6.90. The van der Waals surface area contributed by atoms with Crippen LogP contribution in [-0.2, 0) is 0 Å². The Hall–Kier alpha value is -0.860. The summed E-state index contributed by atoms with van der Waals surface area (Å²) in [6.45, 7) is 8.57. The van der Waals surface area contributed by atoms with Crippen LogP contribution in [0.2, 0.25) is 0 Å². The van der Waals surface area contributed by atoms with E-state index in [4.69, 9.17) is 0 Å². The van der Waals surface area contributed by atoms with Crippen LogP contribution in [0.5, 0.6) is 0 Å². The van der Waals surface area contributed by atoms with Gasteiger partial charge in [-0.15, -0.1) is 0 Å². The predicted octanol–water partition coefficient (Wildman–Crippen LogP) is 3.85. The van der Waals surface area contributed by atoms with E-state index in [1.165, 1.54) is 50.9 Å². The summed E-state index contributed by atoms with van der Waals surface area (Å²) in [4.78, 5) is 2.65. The van der Waals surface area contributed by atoms with Gasteiger partial charge < -0.3 is 10.2 Å². The third-order valence-electron chi connectivity index (χ3n) is 4.72. The number of nitrogens with one attached hydrogen (secondary N) is 1. The maximum absolute atomic E-state index is 3.46. The minimum atomic E-state index is 0.479. The summed E-state index contributed by atoms with van der Waals surface area (Å²) in [7, 11) is 2.07. The molecular weight excluding hydrogens is 244 g/mol. The SMILES string of the molecule is CNC(CCN1CCCC(C)(C)CC1)c1ccccc1. The van der Waals surface area contributed by atoms with Gasteiger partial charge in [-0.05, 0) is 63.3 Å². The lowest BCUT2D eigenvalue weighted by atomic mass is 9.85. The molecule has 0 amide bonds. The molecule has 0 aromatic heterocycles. The highest BCUT2D eigenvalue weighted by atomic mass is 15.1. The maximum atomic E-state index is 3.46. The summed E-state index contributed by atoms with van der Waals surface area (Å²) >= 11 is 0. The van der Waals surface area contributed by atoms with Crippen LogP contribution in [0.4, 0.5) is 0 Å². The van der Waals surface area contributed by atoms with E-state index in [2.05, 4.69) is 61.4 Å². The second-order valence-electron chi connectivity index (χ2n) is 6.90. The average Bonchev–Trinajstić information content (AvgIpc) is 2.62. The molecule has 1 heterocycles. The monoisotopic (exact) mass is 274 g/mol. The summed E-state index contributed by atoms with van der Waals surface area (Å²) in [5.74, 6) is 0. The Balaban J connectivity index is 1.84. The van der Waals surface area contributed by atoms with Gasteiger partial charge in [0.25, 0.3) is 0 Å². The van der Waals surface area contributed by atoms with Gasteiger partial charge in [0.1, 0.15) is 0 Å². The molecule has 1 aliphatic rings. The molecule has 2 rings (SSSR count). The van der Waals surface area contributed by atoms with Gasteiger partial charge in [-0.1, -0.05) is 44.2 Å². The van der Waals surface area contributed by atoms with Crippen molar-refractivity contribution in [1.29, 1.82) is 0 Å². The molecule has 1 atom stereocenters. The molecule has 1 unspecified atom stereocenters. The Morgan fingerprint density at radius 2 is 1.90 bits per heavy atom. The van der Waals surface area contributed by atoms with Gasteiger partial charge in [0.2, 0.25) is 0 Å². The second kappa shape index (κ2) is 7.24. The van der Waals surface area contributed by atoms with Gasteiger partial charge >= 0.3 is 0 Å². The molecule has 0 spiro atoms. The van der Waals surface area contributed by atoms with Crippen molar-refractivity contribution in [2.45, 2.75) is 45.6 Å². The summed E-state index contributed by atoms with van der Waals surface area (Å²) in [5, 5.41) is 3.46. The van der Waals surface area contributed by atoms with Crippen molar-refractivity contribution in [3.63, 3.8) is 0 Å². The number of hydrogen-bond donors (Lipinski definition) is 1. The fraction of sp³-hybridized carbons (Fsp3) is 0.667. The van der Waals surface area contributed by atoms with Crippen molar-refractivity contribution in [1.82, 2.24) is 10.2 Å². The van der Waals surface area contributed by atoms with Gasteiger partial charge in [0, 0.05) is 6.04 Å². The van der Waals surface area contributed by atoms with Crippen LogP contribution in [-0.4, -0.2) is 31.6 Å². The van der Waals surface area contributed by atoms with Crippen molar-refractivity contribution in [2.24, 2.45) is 5.41 Å². The van der Waals surface area contributed by atoms with Gasteiger partial charge in [0.15, 0.2) is 0 Å². The van der Waals surface area contributed by atoms with Crippen molar-refractivity contribution in [2.75, 3.05) is 26.7 Å². The number of rotatable bonds is 5. The largest absolute Gasteiger partial charge is 0.313 e. The van der Waals surface area contributed by atoms with E-state index in [9.17, 15) is 0 Å². The maximum Gasteiger partial charge on any atom is 0.0329 e. The molecule has 1 aromatic rings. The molecule has 0 aliphatic carbocycles. The third kappa shape index (κ3) is 4.60. The van der Waals surface area contributed by atoms with Crippen molar-refractivity contribution in [3.8, 4) is 0 Å². The van der Waals surface area contributed by atoms with E-state index >= 15 is 0 Å². The molecule has 1 N–H and O–H groups in total. The molecule has 112 valence electrons. The van der Waals surface area contributed by atoms with Crippen molar-refractivity contribution < 1.29 is 0 Å². The molecule has 1 aromatic carbocycles. The molecule has 2 heteroatoms. The van der Waals surface area contributed by atoms with E-state index in [1.54, 1.807) is 0 Å². The van der Waals surface area contributed by atoms with E-state index in [-0.39, 0.29) is 0 Å². The van der Waals surface area contributed by atoms with Crippen LogP contribution in [0, 0.1) is 5.41 Å². The van der Waals surface area contributed by atoms with Crippen molar-refractivity contribution in [3.05, 3.63) is 35.9 Å². The molecule has 1 saturated heterocycles. The number of hydrogen-bond acceptors (Lipinski definition) is 2. The van der Waals surface area contributed by atoms with Crippen LogP contribution in [0.1, 0.15) is 51.1 Å². The van der Waals surface area contributed by atoms with Crippen LogP contribution < -0.4 is 5.32 Å². The van der Waals surface area contributed by atoms with Gasteiger partial charge in [-0.25, -0.2) is 0 Å². The quantitative estimate of drug-likeness (QED) is 0.877. The van der Waals surface area contributed by atoms with Gasteiger partial charge in [-0.3, -0.25) is 0 Å². The Bertz CT molecular complexity index is 386. The molecule has 2 nitrogen and oxygen atoms in total. The first-order valence-electron chi connectivity index (χ1n) is 8.05. The fourth-order valence-electron chi connectivity index (χ4n) is 3.18. The summed E-state index contributed by atoms with van der Waals surface area (Å²) in [6.07, 6.45) is 5.25. The van der Waals surface area contributed by atoms with E-state index < -0.39 is 0 Å². The average molecular weight is 274 g/mol. The highest BCUT2D eigenvalue weighted by molar-refractivity contribution is 5.18. The minimum Gasteiger partial charge on any atom is -0.313 e. The zero-order valence-electron chi connectivity index (χ0n) is 13.4. The van der Waals surface area contributed by atoms with Gasteiger partial charge in [0.05, 0.1) is 0 Å². The molecule has 1 aliphatic heterocycles. The molecular formula is C18H30N2.